The van der Waals surface area contributed by atoms with Crippen molar-refractivity contribution in [2.75, 3.05) is 6.54 Å². The van der Waals surface area contributed by atoms with E-state index in [1.54, 1.807) is 6.92 Å². The van der Waals surface area contributed by atoms with Gasteiger partial charge in [0.25, 0.3) is 0 Å². The number of hydrogen-bond donors (Lipinski definition) is 3. The van der Waals surface area contributed by atoms with Crippen molar-refractivity contribution < 1.29 is 14.7 Å². The van der Waals surface area contributed by atoms with Gasteiger partial charge in [-0.3, -0.25) is 4.79 Å². The number of urea groups is 1. The van der Waals surface area contributed by atoms with E-state index in [1.807, 2.05) is 6.92 Å². The number of carboxylic acid groups (broad SMARTS) is 1. The predicted octanol–water partition coefficient (Wildman–Crippen LogP) is 1.59. The summed E-state index contributed by atoms with van der Waals surface area (Å²) in [4.78, 5) is 22.0. The van der Waals surface area contributed by atoms with Crippen molar-refractivity contribution in [3.63, 3.8) is 0 Å². The highest BCUT2D eigenvalue weighted by atomic mass is 16.4. The number of hydrogen-bond acceptors (Lipinski definition) is 2. The summed E-state index contributed by atoms with van der Waals surface area (Å²) in [6.45, 7) is 4.05. The Bertz CT molecular complexity index is 310. The number of carboxylic acids is 1. The summed E-state index contributed by atoms with van der Waals surface area (Å²) in [5.74, 6) is 1.33. The van der Waals surface area contributed by atoms with Crippen molar-refractivity contribution >= 4 is 12.0 Å². The van der Waals surface area contributed by atoms with Gasteiger partial charge >= 0.3 is 12.0 Å². The van der Waals surface area contributed by atoms with Crippen LogP contribution in [0.1, 0.15) is 39.5 Å². The van der Waals surface area contributed by atoms with Gasteiger partial charge < -0.3 is 15.7 Å². The first kappa shape index (κ1) is 16.3. The molecular weight excluding hydrogens is 232 g/mol. The first-order valence-electron chi connectivity index (χ1n) is 6.18. The zero-order chi connectivity index (χ0) is 14.0. The highest BCUT2D eigenvalue weighted by Gasteiger charge is 2.12. The molecule has 2 amide bonds. The fraction of sp³-hybridized carbons (Fsp3) is 0.692. The standard InChI is InChI=1S/C13H22N2O3/c1-4-5-9-14-13(18)15-11(3)8-6-7-10(2)12(16)17/h1,10-11H,5-9H2,2-3H3,(H,16,17)(H2,14,15,18). The summed E-state index contributed by atoms with van der Waals surface area (Å²) in [6.07, 6.45) is 7.74. The lowest BCUT2D eigenvalue weighted by molar-refractivity contribution is -0.141. The minimum absolute atomic E-state index is 0.0248. The fourth-order valence-electron chi connectivity index (χ4n) is 1.45. The molecule has 0 bridgehead atoms. The van der Waals surface area contributed by atoms with Gasteiger partial charge in [-0.1, -0.05) is 13.3 Å². The second-order valence-electron chi connectivity index (χ2n) is 4.43. The van der Waals surface area contributed by atoms with Crippen molar-refractivity contribution in [3.05, 3.63) is 0 Å². The van der Waals surface area contributed by atoms with Crippen molar-refractivity contribution in [3.8, 4) is 12.3 Å². The Morgan fingerprint density at radius 3 is 2.56 bits per heavy atom. The number of terminal acetylenes is 1. The molecule has 5 heteroatoms. The maximum absolute atomic E-state index is 11.3. The van der Waals surface area contributed by atoms with Crippen LogP contribution in [0.5, 0.6) is 0 Å². The highest BCUT2D eigenvalue weighted by Crippen LogP contribution is 2.09. The van der Waals surface area contributed by atoms with Crippen molar-refractivity contribution in [1.82, 2.24) is 10.6 Å². The molecule has 0 aromatic carbocycles. The molecule has 102 valence electrons. The minimum atomic E-state index is -0.775. The molecule has 0 aliphatic rings. The molecule has 0 aliphatic carbocycles. The van der Waals surface area contributed by atoms with Crippen LogP contribution in [0.3, 0.4) is 0 Å². The molecule has 0 heterocycles. The molecule has 0 fully saturated rings. The summed E-state index contributed by atoms with van der Waals surface area (Å²) in [5.41, 5.74) is 0. The molecule has 5 nitrogen and oxygen atoms in total. The maximum Gasteiger partial charge on any atom is 0.315 e. The molecule has 18 heavy (non-hydrogen) atoms. The second kappa shape index (κ2) is 9.34. The largest absolute Gasteiger partial charge is 0.481 e. The summed E-state index contributed by atoms with van der Waals surface area (Å²) in [7, 11) is 0. The molecule has 2 atom stereocenters. The number of rotatable bonds is 8. The molecule has 0 saturated carbocycles. The Morgan fingerprint density at radius 2 is 2.00 bits per heavy atom. The number of nitrogens with one attached hydrogen (secondary N) is 2. The Balaban J connectivity index is 3.64. The smallest absolute Gasteiger partial charge is 0.315 e. The van der Waals surface area contributed by atoms with Gasteiger partial charge in [-0.15, -0.1) is 12.3 Å². The Kier molecular flexibility index (Phi) is 8.46. The van der Waals surface area contributed by atoms with E-state index in [4.69, 9.17) is 11.5 Å². The van der Waals surface area contributed by atoms with Crippen LogP contribution in [-0.2, 0) is 4.79 Å². The van der Waals surface area contributed by atoms with Gasteiger partial charge in [-0.2, -0.15) is 0 Å². The molecular formula is C13H22N2O3. The second-order valence-corrected chi connectivity index (χ2v) is 4.43. The third-order valence-corrected chi connectivity index (χ3v) is 2.63. The Hall–Kier alpha value is -1.70. The van der Waals surface area contributed by atoms with Crippen LogP contribution < -0.4 is 10.6 Å². The van der Waals surface area contributed by atoms with E-state index in [0.29, 0.717) is 19.4 Å². The first-order valence-corrected chi connectivity index (χ1v) is 6.18. The van der Waals surface area contributed by atoms with Gasteiger partial charge in [-0.05, 0) is 19.8 Å². The molecule has 0 aromatic heterocycles. The lowest BCUT2D eigenvalue weighted by Crippen LogP contribution is -2.41. The number of amides is 2. The van der Waals surface area contributed by atoms with Crippen LogP contribution in [0.4, 0.5) is 4.79 Å². The van der Waals surface area contributed by atoms with Gasteiger partial charge in [-0.25, -0.2) is 4.79 Å². The average Bonchev–Trinajstić information content (AvgIpc) is 2.28. The van der Waals surface area contributed by atoms with Crippen molar-refractivity contribution in [2.24, 2.45) is 5.92 Å². The molecule has 0 aromatic rings. The molecule has 0 spiro atoms. The normalized spacial score (nSPS) is 13.2. The first-order chi connectivity index (χ1) is 8.47. The molecule has 3 N–H and O–H groups in total. The van der Waals surface area contributed by atoms with E-state index in [9.17, 15) is 9.59 Å². The van der Waals surface area contributed by atoms with Crippen LogP contribution >= 0.6 is 0 Å². The number of carbonyl (C=O) groups is 2. The number of carbonyl (C=O) groups excluding carboxylic acids is 1. The van der Waals surface area contributed by atoms with E-state index in [2.05, 4.69) is 16.6 Å². The van der Waals surface area contributed by atoms with Crippen molar-refractivity contribution in [2.45, 2.75) is 45.6 Å². The lowest BCUT2D eigenvalue weighted by Gasteiger charge is -2.14. The zero-order valence-corrected chi connectivity index (χ0v) is 11.0. The van der Waals surface area contributed by atoms with Crippen LogP contribution in [0.2, 0.25) is 0 Å². The molecule has 0 rings (SSSR count). The lowest BCUT2D eigenvalue weighted by atomic mass is 10.0. The summed E-state index contributed by atoms with van der Waals surface area (Å²) in [6, 6.07) is -0.208. The van der Waals surface area contributed by atoms with E-state index in [0.717, 1.165) is 12.8 Å². The molecule has 0 aliphatic heterocycles. The maximum atomic E-state index is 11.3. The van der Waals surface area contributed by atoms with Crippen LogP contribution in [-0.4, -0.2) is 29.7 Å². The van der Waals surface area contributed by atoms with Gasteiger partial charge in [0.05, 0.1) is 5.92 Å². The Morgan fingerprint density at radius 1 is 1.33 bits per heavy atom. The summed E-state index contributed by atoms with van der Waals surface area (Å²) < 4.78 is 0. The summed E-state index contributed by atoms with van der Waals surface area (Å²) >= 11 is 0. The quantitative estimate of drug-likeness (QED) is 0.454. The highest BCUT2D eigenvalue weighted by molar-refractivity contribution is 5.74. The van der Waals surface area contributed by atoms with Crippen LogP contribution in [0.15, 0.2) is 0 Å². The van der Waals surface area contributed by atoms with Crippen LogP contribution in [0, 0.1) is 18.3 Å². The summed E-state index contributed by atoms with van der Waals surface area (Å²) in [5, 5.41) is 14.1. The minimum Gasteiger partial charge on any atom is -0.481 e. The average molecular weight is 254 g/mol. The van der Waals surface area contributed by atoms with Crippen LogP contribution in [0.25, 0.3) is 0 Å². The van der Waals surface area contributed by atoms with E-state index in [1.165, 1.54) is 0 Å². The van der Waals surface area contributed by atoms with E-state index >= 15 is 0 Å². The topological polar surface area (TPSA) is 78.4 Å². The SMILES string of the molecule is C#CCCNC(=O)NC(C)CCCC(C)C(=O)O. The zero-order valence-electron chi connectivity index (χ0n) is 11.0. The molecule has 2 unspecified atom stereocenters. The third-order valence-electron chi connectivity index (χ3n) is 2.63. The predicted molar refractivity (Wildman–Crippen MR) is 70.1 cm³/mol. The van der Waals surface area contributed by atoms with Gasteiger partial charge in [0.1, 0.15) is 0 Å². The van der Waals surface area contributed by atoms with Gasteiger partial charge in [0.15, 0.2) is 0 Å². The molecule has 0 saturated heterocycles. The Labute approximate surface area is 108 Å². The molecule has 0 radical (unpaired) electrons. The third kappa shape index (κ3) is 8.45. The monoisotopic (exact) mass is 254 g/mol. The fourth-order valence-corrected chi connectivity index (χ4v) is 1.45. The van der Waals surface area contributed by atoms with Crippen molar-refractivity contribution in [1.29, 1.82) is 0 Å². The number of aliphatic carboxylic acids is 1. The van der Waals surface area contributed by atoms with Gasteiger partial charge in [0.2, 0.25) is 0 Å². The van der Waals surface area contributed by atoms with Gasteiger partial charge in [0, 0.05) is 19.0 Å². The van der Waals surface area contributed by atoms with E-state index < -0.39 is 5.97 Å². The van der Waals surface area contributed by atoms with E-state index in [-0.39, 0.29) is 18.0 Å².